The Morgan fingerprint density at radius 3 is 1.54 bits per heavy atom. The van der Waals surface area contributed by atoms with Crippen LogP contribution >= 0.6 is 11.6 Å². The normalized spacial score (nSPS) is 15.7. The van der Waals surface area contributed by atoms with Crippen LogP contribution in [0.2, 0.25) is 5.15 Å². The summed E-state index contributed by atoms with van der Waals surface area (Å²) in [7, 11) is -4.06. The molecule has 6 aromatic heterocycles. The molecule has 102 heavy (non-hydrogen) atoms. The summed E-state index contributed by atoms with van der Waals surface area (Å²) >= 11 is 5.92. The average molecular weight is 1450 g/mol. The van der Waals surface area contributed by atoms with E-state index in [9.17, 15) is 52.8 Å². The fourth-order valence-corrected chi connectivity index (χ4v) is 13.7. The minimum Gasteiger partial charge on any atom is -0.465 e. The van der Waals surface area contributed by atoms with E-state index in [1.807, 2.05) is 27.7 Å². The van der Waals surface area contributed by atoms with Gasteiger partial charge < -0.3 is 42.1 Å². The summed E-state index contributed by atoms with van der Waals surface area (Å²) in [6.45, 7) is 7.76. The van der Waals surface area contributed by atoms with Crippen LogP contribution in [0.25, 0.3) is 100 Å². The Hall–Kier alpha value is -10.1. The van der Waals surface area contributed by atoms with Gasteiger partial charge >= 0.3 is 7.12 Å². The van der Waals surface area contributed by atoms with Gasteiger partial charge in [0.25, 0.3) is 5.91 Å². The first kappa shape index (κ1) is 70.3. The molecule has 2 unspecified atom stereocenters. The molecule has 6 aromatic carbocycles. The van der Waals surface area contributed by atoms with Crippen molar-refractivity contribution in [2.45, 2.75) is 64.7 Å². The molecule has 0 spiro atoms. The summed E-state index contributed by atoms with van der Waals surface area (Å²) in [6.07, 6.45) is 0.475. The molecule has 3 aliphatic heterocycles. The Bertz CT molecular complexity index is 5620. The molecule has 15 rings (SSSR count). The Morgan fingerprint density at radius 1 is 0.598 bits per heavy atom. The Labute approximate surface area is 586 Å². The lowest BCUT2D eigenvalue weighted by Gasteiger charge is -2.32. The molecule has 9 heterocycles. The number of amides is 1. The third kappa shape index (κ3) is 12.4. The molecule has 1 saturated heterocycles. The van der Waals surface area contributed by atoms with Crippen molar-refractivity contribution in [2.75, 3.05) is 55.6 Å². The number of hydrogen-bond acceptors (Lipinski definition) is 14. The van der Waals surface area contributed by atoms with E-state index in [4.69, 9.17) is 44.2 Å². The molecule has 29 heteroatoms. The molecule has 526 valence electrons. The van der Waals surface area contributed by atoms with Gasteiger partial charge in [-0.3, -0.25) is 18.2 Å². The maximum absolute atomic E-state index is 14.8. The second-order valence-corrected chi connectivity index (χ2v) is 29.8. The Morgan fingerprint density at radius 2 is 1.06 bits per heavy atom. The fourth-order valence-electron chi connectivity index (χ4n) is 12.5. The topological polar surface area (TPSA) is 220 Å². The van der Waals surface area contributed by atoms with E-state index in [0.717, 1.165) is 21.1 Å². The van der Waals surface area contributed by atoms with Gasteiger partial charge in [-0.1, -0.05) is 30.7 Å². The molecule has 0 aliphatic carbocycles. The smallest absolute Gasteiger partial charge is 0.465 e. The van der Waals surface area contributed by atoms with Crippen molar-refractivity contribution < 1.29 is 80.4 Å². The third-order valence-corrected chi connectivity index (χ3v) is 21.2. The number of carbonyl (C=O) groups excluding carboxylic acids is 2. The molecule has 0 saturated carbocycles. The minimum absolute atomic E-state index is 0.154. The van der Waals surface area contributed by atoms with E-state index in [2.05, 4.69) is 10.3 Å². The van der Waals surface area contributed by atoms with Gasteiger partial charge in [0.15, 0.2) is 5.78 Å². The number of Topliss-reactive ketones (excluding diaryl/α,β-unsaturated/α-hetero) is 1. The summed E-state index contributed by atoms with van der Waals surface area (Å²) in [5, 5.41) is 4.43. The van der Waals surface area contributed by atoms with Crippen LogP contribution in [0.1, 0.15) is 74.2 Å². The first-order chi connectivity index (χ1) is 48.3. The van der Waals surface area contributed by atoms with Crippen molar-refractivity contribution in [2.24, 2.45) is 0 Å². The zero-order valence-electron chi connectivity index (χ0n) is 56.3. The fraction of sp³-hybridized carbons (Fsp3) is 0.233. The second-order valence-electron chi connectivity index (χ2n) is 25.4. The highest BCUT2D eigenvalue weighted by Gasteiger charge is 2.53. The third-order valence-electron chi connectivity index (χ3n) is 18.6. The van der Waals surface area contributed by atoms with Crippen molar-refractivity contribution in [3.8, 4) is 68.2 Å². The summed E-state index contributed by atoms with van der Waals surface area (Å²) in [5.74, 6) is -1.22. The number of alkyl halides is 2. The highest BCUT2D eigenvalue weighted by Crippen LogP contribution is 2.48. The van der Waals surface area contributed by atoms with Crippen LogP contribution in [-0.4, -0.2) is 113 Å². The number of aromatic nitrogens is 4. The summed E-state index contributed by atoms with van der Waals surface area (Å²) in [5.41, 5.74) is 5.04. The van der Waals surface area contributed by atoms with Crippen LogP contribution < -0.4 is 28.9 Å². The summed E-state index contributed by atoms with van der Waals surface area (Å²) in [6, 6.07) is 36.3. The van der Waals surface area contributed by atoms with Gasteiger partial charge in [0.05, 0.1) is 74.3 Å². The quantitative estimate of drug-likeness (QED) is 0.0491. The van der Waals surface area contributed by atoms with E-state index in [-0.39, 0.29) is 63.1 Å². The Kier molecular flexibility index (Phi) is 18.2. The number of fused-ring (bicyclic) bond motifs is 12. The van der Waals surface area contributed by atoms with E-state index >= 15 is 0 Å². The first-order valence-electron chi connectivity index (χ1n) is 31.8. The molecule has 1 amide bonds. The molecule has 2 atom stereocenters. The van der Waals surface area contributed by atoms with Gasteiger partial charge in [0.1, 0.15) is 87.3 Å². The highest BCUT2D eigenvalue weighted by molar-refractivity contribution is 7.92. The number of ketones is 1. The maximum Gasteiger partial charge on any atom is 0.497 e. The number of nitrogens with one attached hydrogen (secondary N) is 1. The average Bonchev–Trinajstić information content (AvgIpc) is 1.56. The predicted octanol–water partition coefficient (Wildman–Crippen LogP) is 15.6. The van der Waals surface area contributed by atoms with Crippen molar-refractivity contribution in [1.82, 2.24) is 24.4 Å². The highest BCUT2D eigenvalue weighted by atomic mass is 35.5. The minimum atomic E-state index is -3.80. The summed E-state index contributed by atoms with van der Waals surface area (Å²) in [4.78, 5) is 35.4. The molecular formula is C73H63BClF6N7O12S2. The standard InChI is InChI=1S/C33H25F3N4O5S.C25H29BFNO6S.C15H9ClF2N2O/c1-37-33(41)30-21-13-20(25(39(2)46(3,42)43)15-28(21)45-32(30)17-7-9-18(35)10-8-17)23-11-12-27-31(38-23)26-14-19-22(36)5-4-6-24(19)40(26)29(16-34)44-27;1-8-20(29)22-17-13-18(26-33-24(2,3)25(4,5)34-26)19(28(6)35(7,30)31)14-21(17)32-23(22)15-9-11-16(27)12-10-15;16-13-5-4-12-15(19-13)11-6-8-9(18)2-1-3-10(8)20(11)14(7-17)21-12/h4-15,29H,16H2,1-3H3,(H,37,41);9-14H,8H2,1-7H3;1-6,14H,7H2. The molecule has 12 aromatic rings. The van der Waals surface area contributed by atoms with Crippen molar-refractivity contribution in [3.63, 3.8) is 0 Å². The van der Waals surface area contributed by atoms with Crippen LogP contribution in [0, 0.1) is 23.3 Å². The second kappa shape index (κ2) is 26.4. The number of hydrogen-bond donors (Lipinski definition) is 1. The number of ether oxygens (including phenoxy) is 2. The van der Waals surface area contributed by atoms with Crippen LogP contribution in [-0.2, 0) is 29.4 Å². The zero-order chi connectivity index (χ0) is 73.0. The van der Waals surface area contributed by atoms with Gasteiger partial charge in [-0.05, 0) is 149 Å². The number of sulfonamides is 2. The number of benzene rings is 6. The number of halogens is 7. The van der Waals surface area contributed by atoms with E-state index in [1.54, 1.807) is 88.9 Å². The molecule has 0 bridgehead atoms. The number of carbonyl (C=O) groups is 2. The molecule has 3 aliphatic rings. The number of anilines is 2. The maximum atomic E-state index is 14.8. The van der Waals surface area contributed by atoms with Gasteiger partial charge in [-0.15, -0.1) is 0 Å². The van der Waals surface area contributed by atoms with Crippen molar-refractivity contribution in [3.05, 3.63) is 185 Å². The molecule has 0 radical (unpaired) electrons. The van der Waals surface area contributed by atoms with Crippen LogP contribution in [0.4, 0.5) is 37.7 Å². The monoisotopic (exact) mass is 1450 g/mol. The predicted molar refractivity (Wildman–Crippen MR) is 379 cm³/mol. The largest absolute Gasteiger partial charge is 0.497 e. The number of rotatable bonds is 13. The SMILES string of the molecule is CCC(=O)c1c(-c2ccc(F)cc2)oc2cc(N(C)S(C)(=O)=O)c(B3OC(C)(C)C(C)(C)O3)cc12.CNC(=O)c1c(-c2ccc(F)cc2)oc2cc(N(C)S(C)(=O)=O)c(-c3ccc4c(n3)-c3cc5c(F)cccc5n3C(CF)O4)cc12.FCC1Oc2ccc(Cl)nc2-c2cc3c(F)cccc3n21. The van der Waals surface area contributed by atoms with Crippen molar-refractivity contribution in [1.29, 1.82) is 0 Å². The summed E-state index contributed by atoms with van der Waals surface area (Å²) < 4.78 is 176. The van der Waals surface area contributed by atoms with Gasteiger partial charge in [0, 0.05) is 83.4 Å². The number of nitrogens with zero attached hydrogens (tertiary/aromatic N) is 6. The first-order valence-corrected chi connectivity index (χ1v) is 35.9. The van der Waals surface area contributed by atoms with Gasteiger partial charge in [0.2, 0.25) is 32.5 Å². The van der Waals surface area contributed by atoms with E-state index in [1.165, 1.54) is 93.9 Å². The number of furan rings is 2. The zero-order valence-corrected chi connectivity index (χ0v) is 58.6. The lowest BCUT2D eigenvalue weighted by atomic mass is 9.76. The van der Waals surface area contributed by atoms with Crippen LogP contribution in [0.15, 0.2) is 154 Å². The molecule has 19 nitrogen and oxygen atoms in total. The molecule has 1 N–H and O–H groups in total. The molecular weight excluding hydrogens is 1390 g/mol. The lowest BCUT2D eigenvalue weighted by Crippen LogP contribution is -2.41. The van der Waals surface area contributed by atoms with Gasteiger partial charge in [-0.25, -0.2) is 53.1 Å². The van der Waals surface area contributed by atoms with Crippen LogP contribution in [0.3, 0.4) is 0 Å². The van der Waals surface area contributed by atoms with E-state index in [0.29, 0.717) is 99.9 Å². The van der Waals surface area contributed by atoms with Gasteiger partial charge in [-0.2, -0.15) is 0 Å². The molecule has 1 fully saturated rings. The lowest BCUT2D eigenvalue weighted by molar-refractivity contribution is 0.00578. The number of pyridine rings is 2. The van der Waals surface area contributed by atoms with Crippen LogP contribution in [0.5, 0.6) is 11.5 Å². The van der Waals surface area contributed by atoms with Crippen molar-refractivity contribution >= 4 is 111 Å². The Balaban J connectivity index is 0.000000146. The van der Waals surface area contributed by atoms with E-state index < -0.39 is 87.5 Å².